The summed E-state index contributed by atoms with van der Waals surface area (Å²) in [6.07, 6.45) is 5.51. The van der Waals surface area contributed by atoms with Gasteiger partial charge < -0.3 is 5.32 Å². The maximum absolute atomic E-state index is 3.48. The summed E-state index contributed by atoms with van der Waals surface area (Å²) in [5, 5.41) is 3.48. The van der Waals surface area contributed by atoms with Gasteiger partial charge in [0.2, 0.25) is 0 Å². The Hall–Kier alpha value is -0.0800. The SMILES string of the molecule is CCN(C(C)CCCNC(C)C)C1CC1. The third-order valence-corrected chi connectivity index (χ3v) is 3.30. The number of nitrogens with one attached hydrogen (secondary N) is 1. The third-order valence-electron chi connectivity index (χ3n) is 3.30. The lowest BCUT2D eigenvalue weighted by Crippen LogP contribution is -2.35. The van der Waals surface area contributed by atoms with Gasteiger partial charge in [-0.25, -0.2) is 0 Å². The molecule has 0 aliphatic heterocycles. The summed E-state index contributed by atoms with van der Waals surface area (Å²) >= 11 is 0. The highest BCUT2D eigenvalue weighted by atomic mass is 15.2. The summed E-state index contributed by atoms with van der Waals surface area (Å²) in [6, 6.07) is 2.32. The summed E-state index contributed by atoms with van der Waals surface area (Å²) in [7, 11) is 0. The second-order valence-electron chi connectivity index (χ2n) is 5.16. The van der Waals surface area contributed by atoms with Crippen molar-refractivity contribution in [1.82, 2.24) is 10.2 Å². The van der Waals surface area contributed by atoms with Gasteiger partial charge in [0.25, 0.3) is 0 Å². The van der Waals surface area contributed by atoms with Crippen LogP contribution in [0.4, 0.5) is 0 Å². The lowest BCUT2D eigenvalue weighted by molar-refractivity contribution is 0.197. The first kappa shape index (κ1) is 13.0. The molecular formula is C13H28N2. The van der Waals surface area contributed by atoms with Crippen molar-refractivity contribution in [3.05, 3.63) is 0 Å². The zero-order valence-electron chi connectivity index (χ0n) is 10.9. The lowest BCUT2D eigenvalue weighted by atomic mass is 10.1. The summed E-state index contributed by atoms with van der Waals surface area (Å²) < 4.78 is 0. The summed E-state index contributed by atoms with van der Waals surface area (Å²) in [5.74, 6) is 0. The third kappa shape index (κ3) is 4.98. The molecule has 1 aliphatic carbocycles. The van der Waals surface area contributed by atoms with E-state index in [0.717, 1.165) is 12.1 Å². The summed E-state index contributed by atoms with van der Waals surface area (Å²) in [5.41, 5.74) is 0. The Labute approximate surface area is 95.4 Å². The molecular weight excluding hydrogens is 184 g/mol. The number of hydrogen-bond acceptors (Lipinski definition) is 2. The van der Waals surface area contributed by atoms with Crippen LogP contribution in [0.25, 0.3) is 0 Å². The molecule has 1 aliphatic rings. The van der Waals surface area contributed by atoms with Crippen LogP contribution in [0.3, 0.4) is 0 Å². The highest BCUT2D eigenvalue weighted by Crippen LogP contribution is 2.29. The molecule has 1 N–H and O–H groups in total. The van der Waals surface area contributed by atoms with Gasteiger partial charge in [-0.2, -0.15) is 0 Å². The van der Waals surface area contributed by atoms with E-state index in [9.17, 15) is 0 Å². The van der Waals surface area contributed by atoms with E-state index in [1.165, 1.54) is 38.8 Å². The van der Waals surface area contributed by atoms with Gasteiger partial charge in [-0.05, 0) is 45.7 Å². The summed E-state index contributed by atoms with van der Waals surface area (Å²) in [4.78, 5) is 2.68. The van der Waals surface area contributed by atoms with Crippen molar-refractivity contribution < 1.29 is 0 Å². The van der Waals surface area contributed by atoms with Crippen molar-refractivity contribution in [3.63, 3.8) is 0 Å². The number of nitrogens with zero attached hydrogens (tertiary/aromatic N) is 1. The predicted molar refractivity (Wildman–Crippen MR) is 67.2 cm³/mol. The molecule has 1 rings (SSSR count). The van der Waals surface area contributed by atoms with Crippen LogP contribution in [-0.4, -0.2) is 36.1 Å². The molecule has 0 radical (unpaired) electrons. The molecule has 0 spiro atoms. The quantitative estimate of drug-likeness (QED) is 0.622. The molecule has 0 aromatic carbocycles. The van der Waals surface area contributed by atoms with E-state index >= 15 is 0 Å². The molecule has 1 saturated carbocycles. The fourth-order valence-corrected chi connectivity index (χ4v) is 2.29. The Bertz CT molecular complexity index is 164. The Morgan fingerprint density at radius 2 is 1.93 bits per heavy atom. The predicted octanol–water partition coefficient (Wildman–Crippen LogP) is 2.64. The Morgan fingerprint density at radius 1 is 1.27 bits per heavy atom. The van der Waals surface area contributed by atoms with Crippen LogP contribution in [0, 0.1) is 0 Å². The first-order valence-electron chi connectivity index (χ1n) is 6.64. The molecule has 0 aromatic heterocycles. The molecule has 2 nitrogen and oxygen atoms in total. The Morgan fingerprint density at radius 3 is 2.40 bits per heavy atom. The van der Waals surface area contributed by atoms with Crippen LogP contribution in [0.5, 0.6) is 0 Å². The van der Waals surface area contributed by atoms with Crippen LogP contribution < -0.4 is 5.32 Å². The van der Waals surface area contributed by atoms with Gasteiger partial charge in [-0.3, -0.25) is 4.90 Å². The van der Waals surface area contributed by atoms with Gasteiger partial charge in [0.1, 0.15) is 0 Å². The maximum Gasteiger partial charge on any atom is 0.00991 e. The second-order valence-corrected chi connectivity index (χ2v) is 5.16. The molecule has 0 saturated heterocycles. The van der Waals surface area contributed by atoms with E-state index in [-0.39, 0.29) is 0 Å². The molecule has 2 heteroatoms. The van der Waals surface area contributed by atoms with E-state index in [1.807, 2.05) is 0 Å². The molecule has 90 valence electrons. The number of rotatable bonds is 8. The van der Waals surface area contributed by atoms with Crippen molar-refractivity contribution in [2.45, 2.75) is 71.5 Å². The average Bonchev–Trinajstić information content (AvgIpc) is 2.97. The van der Waals surface area contributed by atoms with Crippen molar-refractivity contribution in [2.24, 2.45) is 0 Å². The van der Waals surface area contributed by atoms with Gasteiger partial charge in [0, 0.05) is 18.1 Å². The minimum atomic E-state index is 0.631. The zero-order chi connectivity index (χ0) is 11.3. The van der Waals surface area contributed by atoms with Gasteiger partial charge in [-0.1, -0.05) is 20.8 Å². The van der Waals surface area contributed by atoms with Gasteiger partial charge >= 0.3 is 0 Å². The maximum atomic E-state index is 3.48. The molecule has 0 aromatic rings. The molecule has 15 heavy (non-hydrogen) atoms. The first-order chi connectivity index (χ1) is 7.15. The Kier molecular flexibility index (Phi) is 5.62. The normalized spacial score (nSPS) is 18.8. The molecule has 1 fully saturated rings. The smallest absolute Gasteiger partial charge is 0.00991 e. The van der Waals surface area contributed by atoms with E-state index in [1.54, 1.807) is 0 Å². The minimum Gasteiger partial charge on any atom is -0.315 e. The van der Waals surface area contributed by atoms with Crippen LogP contribution in [0.15, 0.2) is 0 Å². The number of hydrogen-bond donors (Lipinski definition) is 1. The zero-order valence-corrected chi connectivity index (χ0v) is 10.9. The van der Waals surface area contributed by atoms with Crippen LogP contribution >= 0.6 is 0 Å². The average molecular weight is 212 g/mol. The molecule has 0 heterocycles. The Balaban J connectivity index is 2.08. The van der Waals surface area contributed by atoms with Crippen molar-refractivity contribution >= 4 is 0 Å². The fourth-order valence-electron chi connectivity index (χ4n) is 2.29. The standard InChI is InChI=1S/C13H28N2/c1-5-15(13-8-9-13)12(4)7-6-10-14-11(2)3/h11-14H,5-10H2,1-4H3. The molecule has 0 bridgehead atoms. The van der Waals surface area contributed by atoms with Crippen LogP contribution in [0.1, 0.15) is 53.4 Å². The van der Waals surface area contributed by atoms with Gasteiger partial charge in [0.05, 0.1) is 0 Å². The fraction of sp³-hybridized carbons (Fsp3) is 1.00. The largest absolute Gasteiger partial charge is 0.315 e. The summed E-state index contributed by atoms with van der Waals surface area (Å²) in [6.45, 7) is 11.5. The van der Waals surface area contributed by atoms with E-state index in [0.29, 0.717) is 6.04 Å². The monoisotopic (exact) mass is 212 g/mol. The topological polar surface area (TPSA) is 15.3 Å². The van der Waals surface area contributed by atoms with E-state index in [2.05, 4.69) is 37.9 Å². The second kappa shape index (κ2) is 6.49. The van der Waals surface area contributed by atoms with Gasteiger partial charge in [-0.15, -0.1) is 0 Å². The first-order valence-corrected chi connectivity index (χ1v) is 6.64. The van der Waals surface area contributed by atoms with Crippen molar-refractivity contribution in [2.75, 3.05) is 13.1 Å². The minimum absolute atomic E-state index is 0.631. The molecule has 0 amide bonds. The van der Waals surface area contributed by atoms with Gasteiger partial charge in [0.15, 0.2) is 0 Å². The van der Waals surface area contributed by atoms with Crippen molar-refractivity contribution in [1.29, 1.82) is 0 Å². The highest BCUT2D eigenvalue weighted by molar-refractivity contribution is 4.86. The van der Waals surface area contributed by atoms with E-state index in [4.69, 9.17) is 0 Å². The molecule has 1 unspecified atom stereocenters. The van der Waals surface area contributed by atoms with Crippen LogP contribution in [0.2, 0.25) is 0 Å². The van der Waals surface area contributed by atoms with E-state index < -0.39 is 0 Å². The molecule has 1 atom stereocenters. The lowest BCUT2D eigenvalue weighted by Gasteiger charge is -2.27. The van der Waals surface area contributed by atoms with Crippen molar-refractivity contribution in [3.8, 4) is 0 Å². The highest BCUT2D eigenvalue weighted by Gasteiger charge is 2.30. The van der Waals surface area contributed by atoms with Crippen LogP contribution in [-0.2, 0) is 0 Å².